The molecular weight excluding hydrogens is 521 g/mol. The summed E-state index contributed by atoms with van der Waals surface area (Å²) in [4.78, 5) is 30.7. The number of phenols is 1. The molecule has 1 heterocycles. The number of aliphatic imine (C=N–C) groups is 1. The average Bonchev–Trinajstić information content (AvgIpc) is 3.17. The molecule has 5 rings (SSSR count). The Morgan fingerprint density at radius 1 is 0.950 bits per heavy atom. The minimum absolute atomic E-state index is 0.0451. The summed E-state index contributed by atoms with van der Waals surface area (Å²) in [5.41, 5.74) is 2.69. The number of alkyl halides is 3. The fourth-order valence-corrected chi connectivity index (χ4v) is 4.90. The van der Waals surface area contributed by atoms with Crippen molar-refractivity contribution in [2.75, 3.05) is 4.90 Å². The number of carboxylic acids is 1. The van der Waals surface area contributed by atoms with Crippen LogP contribution in [0.25, 0.3) is 11.1 Å². The molecule has 4 aromatic rings. The topological polar surface area (TPSA) is 90.2 Å². The predicted octanol–water partition coefficient (Wildman–Crippen LogP) is 7.56. The van der Waals surface area contributed by atoms with Gasteiger partial charge in [0.1, 0.15) is 17.4 Å². The summed E-state index contributed by atoms with van der Waals surface area (Å²) in [6.07, 6.45) is -3.29. The largest absolute Gasteiger partial charge is 0.505 e. The summed E-state index contributed by atoms with van der Waals surface area (Å²) in [7, 11) is 0. The van der Waals surface area contributed by atoms with Crippen molar-refractivity contribution < 1.29 is 33.0 Å². The van der Waals surface area contributed by atoms with E-state index in [9.17, 15) is 33.0 Å². The first kappa shape index (κ1) is 26.7. The molecule has 1 atom stereocenters. The quantitative estimate of drug-likeness (QED) is 0.254. The molecular formula is C31H23F3N2O4. The van der Waals surface area contributed by atoms with Crippen LogP contribution in [-0.4, -0.2) is 28.3 Å². The first-order valence-corrected chi connectivity index (χ1v) is 12.3. The van der Waals surface area contributed by atoms with Gasteiger partial charge in [0.15, 0.2) is 0 Å². The van der Waals surface area contributed by atoms with E-state index in [1.807, 2.05) is 19.9 Å². The van der Waals surface area contributed by atoms with E-state index in [-0.39, 0.29) is 22.7 Å². The standard InChI is InChI=1S/C31H23F3N2O4/c1-17-11-18(2)13-22(12-17)36-27-15-21(31(32,33)34)9-10-24(27)25(29(36)38)16-35-26-8-4-7-23(28(26)37)19-5-3-6-20(14-19)30(39)40/h3-16,25,37H,1-2H3,(H,39,40). The Labute approximate surface area is 227 Å². The lowest BCUT2D eigenvalue weighted by Crippen LogP contribution is -2.24. The Hall–Kier alpha value is -4.92. The lowest BCUT2D eigenvalue weighted by Gasteiger charge is -2.20. The highest BCUT2D eigenvalue weighted by Gasteiger charge is 2.40. The second-order valence-corrected chi connectivity index (χ2v) is 9.61. The van der Waals surface area contributed by atoms with E-state index < -0.39 is 29.5 Å². The summed E-state index contributed by atoms with van der Waals surface area (Å²) in [6, 6.07) is 19.3. The van der Waals surface area contributed by atoms with E-state index in [1.54, 1.807) is 36.4 Å². The van der Waals surface area contributed by atoms with Crippen molar-refractivity contribution >= 4 is 35.2 Å². The Kier molecular flexibility index (Phi) is 6.67. The molecule has 40 heavy (non-hydrogen) atoms. The number of carboxylic acid groups (broad SMARTS) is 1. The van der Waals surface area contributed by atoms with E-state index in [4.69, 9.17) is 0 Å². The van der Waals surface area contributed by atoms with Crippen molar-refractivity contribution in [2.45, 2.75) is 25.9 Å². The number of aromatic carboxylic acids is 1. The number of anilines is 2. The van der Waals surface area contributed by atoms with Gasteiger partial charge in [-0.15, -0.1) is 0 Å². The number of aromatic hydroxyl groups is 1. The molecule has 9 heteroatoms. The van der Waals surface area contributed by atoms with Crippen molar-refractivity contribution in [3.8, 4) is 16.9 Å². The Morgan fingerprint density at radius 3 is 2.33 bits per heavy atom. The van der Waals surface area contributed by atoms with E-state index in [2.05, 4.69) is 4.99 Å². The second-order valence-electron chi connectivity index (χ2n) is 9.61. The zero-order valence-electron chi connectivity index (χ0n) is 21.4. The van der Waals surface area contributed by atoms with Gasteiger partial charge in [-0.25, -0.2) is 4.79 Å². The highest BCUT2D eigenvalue weighted by Crippen LogP contribution is 2.45. The highest BCUT2D eigenvalue weighted by atomic mass is 19.4. The van der Waals surface area contributed by atoms with E-state index in [0.29, 0.717) is 22.4 Å². The SMILES string of the molecule is Cc1cc(C)cc(N2C(=O)C(C=Nc3cccc(-c4cccc(C(=O)O)c4)c3O)c3ccc(C(F)(F)F)cc32)c1. The molecule has 1 amide bonds. The van der Waals surface area contributed by atoms with E-state index in [1.165, 1.54) is 35.4 Å². The van der Waals surface area contributed by atoms with Crippen LogP contribution < -0.4 is 4.90 Å². The molecule has 0 saturated heterocycles. The van der Waals surface area contributed by atoms with Crippen molar-refractivity contribution in [1.29, 1.82) is 0 Å². The fourth-order valence-electron chi connectivity index (χ4n) is 4.90. The van der Waals surface area contributed by atoms with E-state index >= 15 is 0 Å². The maximum atomic E-state index is 13.7. The predicted molar refractivity (Wildman–Crippen MR) is 146 cm³/mol. The minimum atomic E-state index is -4.59. The maximum absolute atomic E-state index is 13.7. The number of halogens is 3. The lowest BCUT2D eigenvalue weighted by atomic mass is 10.00. The smallest absolute Gasteiger partial charge is 0.416 e. The molecule has 0 bridgehead atoms. The molecule has 0 spiro atoms. The van der Waals surface area contributed by atoms with E-state index in [0.717, 1.165) is 23.3 Å². The molecule has 1 aliphatic heterocycles. The summed E-state index contributed by atoms with van der Waals surface area (Å²) in [6.45, 7) is 3.68. The van der Waals surface area contributed by atoms with Crippen molar-refractivity contribution in [2.24, 2.45) is 4.99 Å². The number of carbonyl (C=O) groups excluding carboxylic acids is 1. The molecule has 1 unspecified atom stereocenters. The minimum Gasteiger partial charge on any atom is -0.505 e. The number of phenolic OH excluding ortho intramolecular Hbond substituents is 1. The maximum Gasteiger partial charge on any atom is 0.416 e. The second kappa shape index (κ2) is 10.00. The number of para-hydroxylation sites is 1. The average molecular weight is 545 g/mol. The number of nitrogens with zero attached hydrogens (tertiary/aromatic N) is 2. The van der Waals surface area contributed by atoms with Crippen molar-refractivity contribution in [1.82, 2.24) is 0 Å². The van der Waals surface area contributed by atoms with Crippen LogP contribution >= 0.6 is 0 Å². The van der Waals surface area contributed by atoms with Crippen molar-refractivity contribution in [3.05, 3.63) is 107 Å². The van der Waals surface area contributed by atoms with Gasteiger partial charge in [-0.3, -0.25) is 14.7 Å². The molecule has 4 aromatic carbocycles. The Balaban J connectivity index is 1.57. The first-order chi connectivity index (χ1) is 18.9. The van der Waals surface area contributed by atoms with Crippen LogP contribution in [0.3, 0.4) is 0 Å². The van der Waals surface area contributed by atoms with Gasteiger partial charge in [0, 0.05) is 17.5 Å². The summed E-state index contributed by atoms with van der Waals surface area (Å²) in [5, 5.41) is 20.2. The van der Waals surface area contributed by atoms with Crippen LogP contribution in [0.1, 0.15) is 38.5 Å². The third-order valence-corrected chi connectivity index (χ3v) is 6.68. The van der Waals surface area contributed by atoms with Gasteiger partial charge in [-0.2, -0.15) is 13.2 Å². The molecule has 0 saturated carbocycles. The normalized spacial score (nSPS) is 15.1. The van der Waals surface area contributed by atoms with Crippen molar-refractivity contribution in [3.63, 3.8) is 0 Å². The third-order valence-electron chi connectivity index (χ3n) is 6.68. The highest BCUT2D eigenvalue weighted by molar-refractivity contribution is 6.18. The molecule has 1 aliphatic rings. The van der Waals surface area contributed by atoms with Gasteiger partial charge in [0.25, 0.3) is 0 Å². The molecule has 0 fully saturated rings. The molecule has 202 valence electrons. The molecule has 0 radical (unpaired) electrons. The summed E-state index contributed by atoms with van der Waals surface area (Å²) < 4.78 is 40.7. The van der Waals surface area contributed by atoms with Crippen LogP contribution in [0.15, 0.2) is 83.9 Å². The van der Waals surface area contributed by atoms with Crippen LogP contribution in [0, 0.1) is 13.8 Å². The molecule has 2 N–H and O–H groups in total. The number of carbonyl (C=O) groups is 2. The van der Waals surface area contributed by atoms with Gasteiger partial charge in [-0.05, 0) is 78.6 Å². The monoisotopic (exact) mass is 544 g/mol. The van der Waals surface area contributed by atoms with Crippen LogP contribution in [-0.2, 0) is 11.0 Å². The number of hydrogen-bond acceptors (Lipinski definition) is 4. The number of hydrogen-bond donors (Lipinski definition) is 2. The number of aryl methyl sites for hydroxylation is 2. The fraction of sp³-hybridized carbons (Fsp3) is 0.129. The molecule has 0 aliphatic carbocycles. The number of rotatable bonds is 5. The zero-order chi connectivity index (χ0) is 28.8. The van der Waals surface area contributed by atoms with Gasteiger partial charge in [0.2, 0.25) is 5.91 Å². The first-order valence-electron chi connectivity index (χ1n) is 12.3. The third kappa shape index (κ3) is 4.93. The molecule has 6 nitrogen and oxygen atoms in total. The van der Waals surface area contributed by atoms with Gasteiger partial charge < -0.3 is 10.2 Å². The number of fused-ring (bicyclic) bond motifs is 1. The number of amides is 1. The Bertz CT molecular complexity index is 1670. The summed E-state index contributed by atoms with van der Waals surface area (Å²) in [5.74, 6) is -2.83. The Morgan fingerprint density at radius 2 is 1.65 bits per heavy atom. The molecule has 0 aromatic heterocycles. The van der Waals surface area contributed by atoms with Crippen LogP contribution in [0.5, 0.6) is 5.75 Å². The van der Waals surface area contributed by atoms with Gasteiger partial charge >= 0.3 is 12.1 Å². The van der Waals surface area contributed by atoms with Gasteiger partial charge in [0.05, 0.1) is 16.8 Å². The van der Waals surface area contributed by atoms with Gasteiger partial charge in [-0.1, -0.05) is 36.4 Å². The van der Waals surface area contributed by atoms with Crippen LogP contribution in [0.2, 0.25) is 0 Å². The van der Waals surface area contributed by atoms with Crippen LogP contribution in [0.4, 0.5) is 30.2 Å². The summed E-state index contributed by atoms with van der Waals surface area (Å²) >= 11 is 0. The zero-order valence-corrected chi connectivity index (χ0v) is 21.4. The number of benzene rings is 4. The lowest BCUT2D eigenvalue weighted by molar-refractivity contribution is -0.137.